The molecule has 17 heavy (non-hydrogen) atoms. The van der Waals surface area contributed by atoms with E-state index in [9.17, 15) is 16.8 Å². The van der Waals surface area contributed by atoms with Gasteiger partial charge in [0.05, 0.1) is 0 Å². The summed E-state index contributed by atoms with van der Waals surface area (Å²) in [6, 6.07) is 7.54. The predicted molar refractivity (Wildman–Crippen MR) is 63.3 cm³/mol. The number of hydrogen-bond donors (Lipinski definition) is 2. The highest BCUT2D eigenvalue weighted by atomic mass is 32.3. The van der Waals surface area contributed by atoms with Crippen LogP contribution in [0, 0.1) is 0 Å². The van der Waals surface area contributed by atoms with E-state index in [0.717, 1.165) is 0 Å². The molecule has 0 amide bonds. The van der Waals surface area contributed by atoms with Crippen molar-refractivity contribution < 1.29 is 25.9 Å². The van der Waals surface area contributed by atoms with Gasteiger partial charge >= 0.3 is 20.2 Å². The van der Waals surface area contributed by atoms with Gasteiger partial charge in [-0.05, 0) is 11.6 Å². The van der Waals surface area contributed by atoms with Crippen molar-refractivity contribution in [1.29, 1.82) is 0 Å². The Labute approximate surface area is 115 Å². The Balaban J connectivity index is 0.00000256. The lowest BCUT2D eigenvalue weighted by Crippen LogP contribution is -2.12. The third kappa shape index (κ3) is 5.15. The average molecular weight is 289 g/mol. The monoisotopic (exact) mass is 288 g/mol. The molecule has 6 nitrogen and oxygen atoms in total. The molecule has 0 spiro atoms. The molecular weight excluding hydrogens is 281 g/mol. The minimum absolute atomic E-state index is 0. The predicted octanol–water partition coefficient (Wildman–Crippen LogP) is 0.380. The molecule has 0 aliphatic heterocycles. The van der Waals surface area contributed by atoms with Crippen molar-refractivity contribution in [2.75, 3.05) is 0 Å². The first-order valence-corrected chi connectivity index (χ1v) is 6.81. The maximum Gasteiger partial charge on any atom is 0.308 e. The Bertz CT molecular complexity index is 569. The molecule has 0 aliphatic carbocycles. The Morgan fingerprint density at radius 2 is 1.35 bits per heavy atom. The fourth-order valence-electron chi connectivity index (χ4n) is 0.967. The van der Waals surface area contributed by atoms with E-state index in [2.05, 4.69) is 0 Å². The second-order valence-electron chi connectivity index (χ2n) is 2.82. The summed E-state index contributed by atoms with van der Waals surface area (Å²) < 4.78 is 58.7. The van der Waals surface area contributed by atoms with Crippen molar-refractivity contribution in [2.45, 2.75) is 0 Å². The van der Waals surface area contributed by atoms with Crippen LogP contribution in [0.15, 0.2) is 34.6 Å². The molecule has 0 saturated heterocycles. The zero-order valence-corrected chi connectivity index (χ0v) is 11.6. The first kappa shape index (κ1) is 16.5. The van der Waals surface area contributed by atoms with Crippen molar-refractivity contribution in [1.82, 2.24) is 0 Å². The molecule has 0 heterocycles. The Kier molecular flexibility index (Phi) is 5.77. The van der Waals surface area contributed by atoms with Gasteiger partial charge in [0.25, 0.3) is 0 Å². The standard InChI is InChI=1S/C8H8O6S2.Mg/c9-15(10,11)8(16(12,13)14)6-7-4-2-1-3-5-7;/h1-6H,(H,9,10,11)(H,12,13,14);. The van der Waals surface area contributed by atoms with Crippen LogP contribution in [0.4, 0.5) is 0 Å². The first-order valence-electron chi connectivity index (χ1n) is 3.93. The molecule has 0 bridgehead atoms. The second kappa shape index (κ2) is 5.93. The molecular formula is C8H8MgO6S2. The van der Waals surface area contributed by atoms with E-state index in [1.165, 1.54) is 24.3 Å². The molecule has 0 unspecified atom stereocenters. The Hall–Kier alpha value is -0.454. The molecule has 2 N–H and O–H groups in total. The SMILES string of the molecule is O=S(=O)(O)C(=Cc1ccccc1)S(=O)(=O)O.[Mg]. The zero-order chi connectivity index (χ0) is 12.4. The summed E-state index contributed by atoms with van der Waals surface area (Å²) in [5.74, 6) is 0. The van der Waals surface area contributed by atoms with Crippen LogP contribution in [-0.4, -0.2) is 49.0 Å². The topological polar surface area (TPSA) is 109 Å². The lowest BCUT2D eigenvalue weighted by Gasteiger charge is -2.00. The van der Waals surface area contributed by atoms with Crippen molar-refractivity contribution in [3.05, 3.63) is 40.1 Å². The Morgan fingerprint density at radius 1 is 0.941 bits per heavy atom. The minimum Gasteiger partial charge on any atom is -0.281 e. The molecule has 0 atom stereocenters. The van der Waals surface area contributed by atoms with Gasteiger partial charge in [-0.2, -0.15) is 16.8 Å². The van der Waals surface area contributed by atoms with Gasteiger partial charge in [-0.25, -0.2) is 0 Å². The highest BCUT2D eigenvalue weighted by molar-refractivity contribution is 8.09. The third-order valence-electron chi connectivity index (χ3n) is 1.59. The average Bonchev–Trinajstić information content (AvgIpc) is 2.12. The van der Waals surface area contributed by atoms with Crippen LogP contribution < -0.4 is 0 Å². The van der Waals surface area contributed by atoms with Crippen molar-refractivity contribution in [3.63, 3.8) is 0 Å². The quantitative estimate of drug-likeness (QED) is 0.615. The molecule has 0 aliphatic rings. The van der Waals surface area contributed by atoms with Crippen LogP contribution in [0.1, 0.15) is 5.56 Å². The van der Waals surface area contributed by atoms with E-state index in [4.69, 9.17) is 9.11 Å². The van der Waals surface area contributed by atoms with E-state index in [-0.39, 0.29) is 28.6 Å². The van der Waals surface area contributed by atoms with Crippen LogP contribution in [0.25, 0.3) is 6.08 Å². The van der Waals surface area contributed by atoms with Crippen molar-refractivity contribution in [3.8, 4) is 0 Å². The van der Waals surface area contributed by atoms with E-state index in [0.29, 0.717) is 6.08 Å². The van der Waals surface area contributed by atoms with Crippen LogP contribution in [0.2, 0.25) is 0 Å². The number of rotatable bonds is 3. The normalized spacial score (nSPS) is 11.4. The summed E-state index contributed by atoms with van der Waals surface area (Å²) in [5.41, 5.74) is 0.216. The van der Waals surface area contributed by atoms with Crippen molar-refractivity contribution in [2.24, 2.45) is 0 Å². The highest BCUT2D eigenvalue weighted by Gasteiger charge is 2.26. The van der Waals surface area contributed by atoms with E-state index >= 15 is 0 Å². The summed E-state index contributed by atoms with van der Waals surface area (Å²) in [5, 5.41) is 0. The molecule has 1 aromatic rings. The Morgan fingerprint density at radius 3 is 1.71 bits per heavy atom. The van der Waals surface area contributed by atoms with Gasteiger partial charge in [-0.3, -0.25) is 9.11 Å². The molecule has 0 saturated carbocycles. The van der Waals surface area contributed by atoms with Crippen molar-refractivity contribution >= 4 is 49.4 Å². The molecule has 1 aromatic carbocycles. The van der Waals surface area contributed by atoms with E-state index < -0.39 is 24.5 Å². The summed E-state index contributed by atoms with van der Waals surface area (Å²) in [7, 11) is -10.00. The number of benzene rings is 1. The van der Waals surface area contributed by atoms with E-state index in [1.54, 1.807) is 6.07 Å². The van der Waals surface area contributed by atoms with Gasteiger partial charge in [0, 0.05) is 23.1 Å². The molecule has 2 radical (unpaired) electrons. The summed E-state index contributed by atoms with van der Waals surface area (Å²) >= 11 is 0. The summed E-state index contributed by atoms with van der Waals surface area (Å²) in [6.45, 7) is 0. The molecule has 0 fully saturated rings. The maximum absolute atomic E-state index is 10.7. The van der Waals surface area contributed by atoms with Gasteiger partial charge in [-0.1, -0.05) is 30.3 Å². The molecule has 0 aromatic heterocycles. The van der Waals surface area contributed by atoms with Gasteiger partial charge in [0.2, 0.25) is 4.24 Å². The lowest BCUT2D eigenvalue weighted by atomic mass is 10.2. The lowest BCUT2D eigenvalue weighted by molar-refractivity contribution is 0.481. The zero-order valence-electron chi connectivity index (χ0n) is 8.52. The smallest absolute Gasteiger partial charge is 0.281 e. The van der Waals surface area contributed by atoms with Crippen LogP contribution >= 0.6 is 0 Å². The van der Waals surface area contributed by atoms with Crippen LogP contribution in [0.3, 0.4) is 0 Å². The highest BCUT2D eigenvalue weighted by Crippen LogP contribution is 2.16. The van der Waals surface area contributed by atoms with E-state index in [1.807, 2.05) is 0 Å². The fraction of sp³-hybridized carbons (Fsp3) is 0. The maximum atomic E-state index is 10.7. The van der Waals surface area contributed by atoms with Crippen LogP contribution in [-0.2, 0) is 20.2 Å². The minimum atomic E-state index is -5.00. The molecule has 9 heteroatoms. The van der Waals surface area contributed by atoms with Gasteiger partial charge in [0.1, 0.15) is 0 Å². The molecule has 90 valence electrons. The number of hydrogen-bond acceptors (Lipinski definition) is 4. The summed E-state index contributed by atoms with van der Waals surface area (Å²) in [4.78, 5) is 0. The largest absolute Gasteiger partial charge is 0.308 e. The van der Waals surface area contributed by atoms with Gasteiger partial charge in [0.15, 0.2) is 0 Å². The molecule has 1 rings (SSSR count). The summed E-state index contributed by atoms with van der Waals surface area (Å²) in [6.07, 6.45) is 0.657. The first-order chi connectivity index (χ1) is 7.21. The second-order valence-corrected chi connectivity index (χ2v) is 5.86. The third-order valence-corrected chi connectivity index (χ3v) is 4.11. The van der Waals surface area contributed by atoms with Gasteiger partial charge in [-0.15, -0.1) is 0 Å². The fourth-order valence-corrected chi connectivity index (χ4v) is 2.60. The van der Waals surface area contributed by atoms with Gasteiger partial charge < -0.3 is 0 Å². The van der Waals surface area contributed by atoms with Crippen LogP contribution in [0.5, 0.6) is 0 Å².